The van der Waals surface area contributed by atoms with Crippen molar-refractivity contribution < 1.29 is 9.53 Å². The molecule has 156 valence electrons. The van der Waals surface area contributed by atoms with Crippen LogP contribution >= 0.6 is 0 Å². The van der Waals surface area contributed by atoms with Crippen LogP contribution < -0.4 is 10.1 Å². The summed E-state index contributed by atoms with van der Waals surface area (Å²) in [5, 5.41) is 7.46. The van der Waals surface area contributed by atoms with E-state index in [2.05, 4.69) is 27.4 Å². The first-order valence-corrected chi connectivity index (χ1v) is 10.4. The minimum atomic E-state index is -0.131. The van der Waals surface area contributed by atoms with Gasteiger partial charge >= 0.3 is 0 Å². The van der Waals surface area contributed by atoms with Gasteiger partial charge in [-0.2, -0.15) is 5.10 Å². The number of nitrogens with one attached hydrogen (secondary N) is 1. The Bertz CT molecular complexity index is 980. The average Bonchev–Trinajstić information content (AvgIpc) is 3.17. The second-order valence-electron chi connectivity index (χ2n) is 7.93. The lowest BCUT2D eigenvalue weighted by Crippen LogP contribution is -2.33. The van der Waals surface area contributed by atoms with Gasteiger partial charge in [-0.3, -0.25) is 14.4 Å². The summed E-state index contributed by atoms with van der Waals surface area (Å²) in [7, 11) is 0. The molecule has 2 heterocycles. The molecular formula is C24H28N4O2. The van der Waals surface area contributed by atoms with E-state index in [9.17, 15) is 4.79 Å². The fraction of sp³-hybridized carbons (Fsp3) is 0.333. The highest BCUT2D eigenvalue weighted by atomic mass is 16.5. The van der Waals surface area contributed by atoms with Gasteiger partial charge in [-0.1, -0.05) is 42.5 Å². The highest BCUT2D eigenvalue weighted by Crippen LogP contribution is 2.19. The van der Waals surface area contributed by atoms with Crippen LogP contribution in [0.5, 0.6) is 5.75 Å². The van der Waals surface area contributed by atoms with Crippen molar-refractivity contribution in [1.29, 1.82) is 0 Å². The van der Waals surface area contributed by atoms with Crippen molar-refractivity contribution in [3.8, 4) is 5.75 Å². The molecule has 1 N–H and O–H groups in total. The van der Waals surface area contributed by atoms with E-state index in [4.69, 9.17) is 4.74 Å². The van der Waals surface area contributed by atoms with Gasteiger partial charge in [0.05, 0.1) is 18.3 Å². The van der Waals surface area contributed by atoms with Gasteiger partial charge in [-0.05, 0) is 43.2 Å². The number of hydrogen-bond acceptors (Lipinski definition) is 4. The summed E-state index contributed by atoms with van der Waals surface area (Å²) in [6.07, 6.45) is 0.178. The largest absolute Gasteiger partial charge is 0.491 e. The molecule has 1 aliphatic heterocycles. The number of aromatic nitrogens is 2. The molecule has 6 heteroatoms. The first-order valence-electron chi connectivity index (χ1n) is 10.4. The first kappa shape index (κ1) is 20.2. The minimum Gasteiger partial charge on any atom is -0.491 e. The molecule has 4 rings (SSSR count). The predicted molar refractivity (Wildman–Crippen MR) is 116 cm³/mol. The van der Waals surface area contributed by atoms with E-state index in [1.807, 2.05) is 67.1 Å². The Morgan fingerprint density at radius 2 is 1.83 bits per heavy atom. The van der Waals surface area contributed by atoms with Crippen molar-refractivity contribution in [2.24, 2.45) is 0 Å². The van der Waals surface area contributed by atoms with E-state index in [-0.39, 0.29) is 12.0 Å². The van der Waals surface area contributed by atoms with Crippen molar-refractivity contribution in [2.75, 3.05) is 6.54 Å². The zero-order valence-electron chi connectivity index (χ0n) is 17.5. The van der Waals surface area contributed by atoms with Crippen molar-refractivity contribution >= 4 is 5.91 Å². The van der Waals surface area contributed by atoms with Crippen LogP contribution in [0.15, 0.2) is 60.7 Å². The van der Waals surface area contributed by atoms with Gasteiger partial charge in [-0.25, -0.2) is 0 Å². The summed E-state index contributed by atoms with van der Waals surface area (Å²) in [5.41, 5.74) is 3.88. The van der Waals surface area contributed by atoms with Gasteiger partial charge in [0.25, 0.3) is 5.91 Å². The van der Waals surface area contributed by atoms with Gasteiger partial charge < -0.3 is 10.1 Å². The van der Waals surface area contributed by atoms with Crippen LogP contribution in [-0.4, -0.2) is 33.2 Å². The Hall–Kier alpha value is -3.12. The first-order chi connectivity index (χ1) is 14.6. The second kappa shape index (κ2) is 9.13. The number of ether oxygens (including phenoxy) is 1. The molecule has 0 saturated carbocycles. The number of carbonyl (C=O) groups is 1. The summed E-state index contributed by atoms with van der Waals surface area (Å²) < 4.78 is 7.67. The van der Waals surface area contributed by atoms with E-state index in [1.54, 1.807) is 0 Å². The number of nitrogens with zero attached hydrogens (tertiary/aromatic N) is 3. The molecule has 3 aromatic rings. The maximum Gasteiger partial charge on any atom is 0.272 e. The van der Waals surface area contributed by atoms with Crippen LogP contribution in [0.4, 0.5) is 0 Å². The minimum absolute atomic E-state index is 0.131. The summed E-state index contributed by atoms with van der Waals surface area (Å²) in [4.78, 5) is 14.9. The van der Waals surface area contributed by atoms with Crippen LogP contribution in [-0.2, 0) is 26.2 Å². The van der Waals surface area contributed by atoms with Gasteiger partial charge in [0, 0.05) is 26.2 Å². The van der Waals surface area contributed by atoms with Crippen molar-refractivity contribution in [1.82, 2.24) is 20.0 Å². The molecule has 0 saturated heterocycles. The lowest BCUT2D eigenvalue weighted by molar-refractivity contribution is 0.0945. The van der Waals surface area contributed by atoms with Gasteiger partial charge in [-0.15, -0.1) is 0 Å². The lowest BCUT2D eigenvalue weighted by Gasteiger charge is -2.27. The SMILES string of the molecule is CC(C)Oc1ccc(CN2CCn3nc(C(=O)NCc4ccccc4)cc3C2)cc1. The highest BCUT2D eigenvalue weighted by molar-refractivity contribution is 5.92. The predicted octanol–water partition coefficient (Wildman–Crippen LogP) is 3.62. The van der Waals surface area contributed by atoms with Crippen LogP contribution in [0, 0.1) is 0 Å². The Kier molecular flexibility index (Phi) is 6.14. The standard InChI is InChI=1S/C24H28N4O2/c1-18(2)30-22-10-8-20(9-11-22)16-27-12-13-28-21(17-27)14-23(26-28)24(29)25-15-19-6-4-3-5-7-19/h3-11,14,18H,12-13,15-17H2,1-2H3,(H,25,29). The summed E-state index contributed by atoms with van der Waals surface area (Å²) >= 11 is 0. The van der Waals surface area contributed by atoms with Crippen LogP contribution in [0.3, 0.4) is 0 Å². The van der Waals surface area contributed by atoms with Crippen molar-refractivity contribution in [2.45, 2.75) is 46.1 Å². The number of rotatable bonds is 7. The Balaban J connectivity index is 1.34. The van der Waals surface area contributed by atoms with Gasteiger partial charge in [0.15, 0.2) is 5.69 Å². The smallest absolute Gasteiger partial charge is 0.272 e. The van der Waals surface area contributed by atoms with Crippen LogP contribution in [0.1, 0.15) is 41.2 Å². The lowest BCUT2D eigenvalue weighted by atomic mass is 10.2. The highest BCUT2D eigenvalue weighted by Gasteiger charge is 2.21. The van der Waals surface area contributed by atoms with Crippen LogP contribution in [0.2, 0.25) is 0 Å². The third-order valence-corrected chi connectivity index (χ3v) is 5.11. The molecule has 6 nitrogen and oxygen atoms in total. The van der Waals surface area contributed by atoms with Crippen molar-refractivity contribution in [3.05, 3.63) is 83.2 Å². The number of carbonyl (C=O) groups excluding carboxylic acids is 1. The third kappa shape index (κ3) is 5.07. The van der Waals surface area contributed by atoms with E-state index < -0.39 is 0 Å². The molecule has 0 fully saturated rings. The molecule has 2 aromatic carbocycles. The molecule has 0 spiro atoms. The zero-order valence-corrected chi connectivity index (χ0v) is 17.5. The van der Waals surface area contributed by atoms with E-state index >= 15 is 0 Å². The molecule has 30 heavy (non-hydrogen) atoms. The summed E-state index contributed by atoms with van der Waals surface area (Å²) in [5.74, 6) is 0.768. The molecule has 0 bridgehead atoms. The molecular weight excluding hydrogens is 376 g/mol. The Morgan fingerprint density at radius 1 is 1.07 bits per heavy atom. The zero-order chi connectivity index (χ0) is 20.9. The number of hydrogen-bond donors (Lipinski definition) is 1. The van der Waals surface area contributed by atoms with E-state index in [0.29, 0.717) is 12.2 Å². The van der Waals surface area contributed by atoms with Crippen LogP contribution in [0.25, 0.3) is 0 Å². The topological polar surface area (TPSA) is 59.4 Å². The molecule has 0 unspecified atom stereocenters. The Morgan fingerprint density at radius 3 is 2.57 bits per heavy atom. The van der Waals surface area contributed by atoms with E-state index in [1.165, 1.54) is 5.56 Å². The molecule has 0 radical (unpaired) electrons. The van der Waals surface area contributed by atoms with Gasteiger partial charge in [0.2, 0.25) is 0 Å². The fourth-order valence-corrected chi connectivity index (χ4v) is 3.64. The summed E-state index contributed by atoms with van der Waals surface area (Å²) in [6, 6.07) is 20.1. The van der Waals surface area contributed by atoms with E-state index in [0.717, 1.165) is 43.2 Å². The molecule has 0 atom stereocenters. The Labute approximate surface area is 177 Å². The second-order valence-corrected chi connectivity index (χ2v) is 7.93. The number of amides is 1. The van der Waals surface area contributed by atoms with Crippen molar-refractivity contribution in [3.63, 3.8) is 0 Å². The van der Waals surface area contributed by atoms with Gasteiger partial charge in [0.1, 0.15) is 5.75 Å². The maximum absolute atomic E-state index is 12.5. The average molecular weight is 405 g/mol. The molecule has 1 amide bonds. The summed E-state index contributed by atoms with van der Waals surface area (Å²) in [6.45, 7) is 7.90. The molecule has 1 aromatic heterocycles. The fourth-order valence-electron chi connectivity index (χ4n) is 3.64. The maximum atomic E-state index is 12.5. The monoisotopic (exact) mass is 404 g/mol. The quantitative estimate of drug-likeness (QED) is 0.654. The normalized spacial score (nSPS) is 13.8. The number of fused-ring (bicyclic) bond motifs is 1. The molecule has 0 aliphatic carbocycles. The third-order valence-electron chi connectivity index (χ3n) is 5.11. The number of benzene rings is 2. The molecule has 1 aliphatic rings.